The molecule has 6 aromatic carbocycles. The first kappa shape index (κ1) is 101. The molecule has 9 aromatic rings. The lowest BCUT2D eigenvalue weighted by Crippen LogP contribution is -2.55. The normalized spacial score (nSPS) is 32.8. The third-order valence-electron chi connectivity index (χ3n) is 35.2. The first-order valence-corrected chi connectivity index (χ1v) is 57.2. The summed E-state index contributed by atoms with van der Waals surface area (Å²) in [6.45, 7) is 18.1. The molecule has 3 saturated carbocycles. The van der Waals surface area contributed by atoms with Crippen molar-refractivity contribution < 1.29 is 64.6 Å². The number of methoxy groups -OCH3 is 1. The molecule has 142 heavy (non-hydrogen) atoms. The van der Waals surface area contributed by atoms with Crippen LogP contribution in [0.4, 0.5) is 17.1 Å². The monoisotopic (exact) mass is 2060 g/mol. The maximum absolute atomic E-state index is 13.9. The number of fused-ring (bicyclic) bond motifs is 12. The molecular weight excluding hydrogens is 1920 g/mol. The highest BCUT2D eigenvalue weighted by Gasteiger charge is 2.55. The molecule has 9 heterocycles. The van der Waals surface area contributed by atoms with Crippen molar-refractivity contribution in [3.8, 4) is 17.2 Å². The van der Waals surface area contributed by atoms with Gasteiger partial charge in [-0.2, -0.15) is 0 Å². The molecule has 6 aliphatic heterocycles. The van der Waals surface area contributed by atoms with Gasteiger partial charge in [0.15, 0.2) is 0 Å². The molecule has 6 bridgehead atoms. The lowest BCUT2D eigenvalue weighted by molar-refractivity contribution is -0.127. The highest BCUT2D eigenvalue weighted by molar-refractivity contribution is 7.99. The summed E-state index contributed by atoms with van der Waals surface area (Å²) in [5.74, 6) is 5.19. The molecule has 3 spiro atoms. The summed E-state index contributed by atoms with van der Waals surface area (Å²) in [5.41, 5.74) is 7.66. The number of carbonyl (C=O) groups is 3. The number of nitrogens with zero attached hydrogens (tertiary/aromatic N) is 12. The Morgan fingerprint density at radius 1 is 0.415 bits per heavy atom. The third kappa shape index (κ3) is 20.6. The number of benzene rings is 6. The predicted molar refractivity (Wildman–Crippen MR) is 552 cm³/mol. The largest absolute Gasteiger partial charge is 0.490 e. The molecule has 762 valence electrons. The fourth-order valence-electron chi connectivity index (χ4n) is 26.1. The molecule has 12 aliphatic rings. The first-order chi connectivity index (χ1) is 67.9. The van der Waals surface area contributed by atoms with E-state index in [1.807, 2.05) is 80.3 Å². The summed E-state index contributed by atoms with van der Waals surface area (Å²) in [6, 6.07) is 34.7. The van der Waals surface area contributed by atoms with E-state index in [9.17, 15) is 45.6 Å². The molecule has 29 nitrogen and oxygen atoms in total. The van der Waals surface area contributed by atoms with Gasteiger partial charge in [-0.1, -0.05) is 109 Å². The third-order valence-corrected chi connectivity index (χ3v) is 41.9. The second-order valence-corrected chi connectivity index (χ2v) is 51.6. The maximum Gasteiger partial charge on any atom is 0.264 e. The van der Waals surface area contributed by atoms with Crippen LogP contribution in [0.15, 0.2) is 146 Å². The highest BCUT2D eigenvalue weighted by Crippen LogP contribution is 2.56. The molecule has 35 heteroatoms. The van der Waals surface area contributed by atoms with Crippen LogP contribution in [0.3, 0.4) is 0 Å². The number of carbonyl (C=O) groups excluding carboxylic acids is 3. The minimum Gasteiger partial charge on any atom is -0.490 e. The number of hydrogen-bond acceptors (Lipinski definition) is 23. The summed E-state index contributed by atoms with van der Waals surface area (Å²) in [6.07, 6.45) is 31.3. The molecule has 3 fully saturated rings. The van der Waals surface area contributed by atoms with Crippen LogP contribution in [0, 0.1) is 53.3 Å². The van der Waals surface area contributed by atoms with E-state index in [1.165, 1.54) is 33.4 Å². The van der Waals surface area contributed by atoms with Crippen molar-refractivity contribution in [2.45, 2.75) is 264 Å². The van der Waals surface area contributed by atoms with Crippen molar-refractivity contribution in [1.29, 1.82) is 0 Å². The molecule has 21 rings (SSSR count). The predicted octanol–water partition coefficient (Wildman–Crippen LogP) is 16.3. The van der Waals surface area contributed by atoms with Gasteiger partial charge in [0, 0.05) is 118 Å². The van der Waals surface area contributed by atoms with E-state index in [-0.39, 0.29) is 80.3 Å². The molecule has 3 aromatic heterocycles. The van der Waals surface area contributed by atoms with Gasteiger partial charge in [0.25, 0.3) is 17.7 Å². The number of aromatic nitrogens is 9. The van der Waals surface area contributed by atoms with Gasteiger partial charge in [-0.3, -0.25) is 19.1 Å². The van der Waals surface area contributed by atoms with Crippen LogP contribution < -0.4 is 43.1 Å². The fraction of sp³-hybridized carbons (Fsp3) is 0.570. The molecule has 3 amide bonds. The van der Waals surface area contributed by atoms with Crippen LogP contribution in [0.1, 0.15) is 241 Å². The second kappa shape index (κ2) is 40.8. The number of sulfonamides is 2. The number of rotatable bonds is 7. The molecule has 0 radical (unpaired) electrons. The summed E-state index contributed by atoms with van der Waals surface area (Å²) in [4.78, 5) is 47.8. The Morgan fingerprint density at radius 2 is 0.754 bits per heavy atom. The number of hydrogen-bond donors (Lipinski definition) is 5. The Kier molecular flexibility index (Phi) is 29.1. The zero-order valence-electron chi connectivity index (χ0n) is 82.5. The Bertz CT molecular complexity index is 6230. The van der Waals surface area contributed by atoms with E-state index < -0.39 is 68.9 Å². The van der Waals surface area contributed by atoms with Gasteiger partial charge in [-0.05, 0) is 339 Å². The number of aliphatic hydroxyl groups is 2. The average molecular weight is 2060 g/mol. The zero-order chi connectivity index (χ0) is 99.6. The van der Waals surface area contributed by atoms with Crippen LogP contribution >= 0.6 is 34.8 Å². The van der Waals surface area contributed by atoms with Gasteiger partial charge >= 0.3 is 0 Å². The lowest BCUT2D eigenvalue weighted by atomic mass is 9.62. The molecule has 1 unspecified atom stereocenters. The number of aryl methyl sites for hydroxylation is 3. The Hall–Kier alpha value is -9.38. The van der Waals surface area contributed by atoms with Crippen LogP contribution in [0.5, 0.6) is 17.2 Å². The summed E-state index contributed by atoms with van der Waals surface area (Å²) < 4.78 is 107. The number of ether oxygens (including phenoxy) is 4. The van der Waals surface area contributed by atoms with Gasteiger partial charge in [-0.15, -0.1) is 15.3 Å². The van der Waals surface area contributed by atoms with E-state index in [1.54, 1.807) is 85.4 Å². The van der Waals surface area contributed by atoms with E-state index in [0.717, 1.165) is 173 Å². The minimum absolute atomic E-state index is 0.0172. The van der Waals surface area contributed by atoms with Gasteiger partial charge in [0.2, 0.25) is 20.0 Å². The van der Waals surface area contributed by atoms with E-state index in [2.05, 4.69) is 109 Å². The van der Waals surface area contributed by atoms with Gasteiger partial charge in [0.05, 0.1) is 112 Å². The molecular formula is C107H136Cl3N15O14S3. The summed E-state index contributed by atoms with van der Waals surface area (Å²) >= 11 is 19.4. The summed E-state index contributed by atoms with van der Waals surface area (Å²) in [7, 11) is -9.04. The highest BCUT2D eigenvalue weighted by atomic mass is 35.5. The van der Waals surface area contributed by atoms with Gasteiger partial charge < -0.3 is 43.9 Å². The van der Waals surface area contributed by atoms with Crippen molar-refractivity contribution in [2.75, 3.05) is 80.9 Å². The topological polar surface area (TPSA) is 352 Å². The van der Waals surface area contributed by atoms with Crippen LogP contribution in [-0.2, 0) is 89.6 Å². The number of anilines is 3. The van der Waals surface area contributed by atoms with E-state index in [4.69, 9.17) is 53.8 Å². The molecule has 0 saturated heterocycles. The smallest absolute Gasteiger partial charge is 0.264 e. The van der Waals surface area contributed by atoms with Crippen molar-refractivity contribution in [1.82, 2.24) is 59.1 Å². The van der Waals surface area contributed by atoms with Crippen molar-refractivity contribution in [2.24, 2.45) is 53.3 Å². The lowest BCUT2D eigenvalue weighted by Gasteiger charge is -2.51. The molecule has 6 aliphatic carbocycles. The van der Waals surface area contributed by atoms with E-state index in [0.29, 0.717) is 126 Å². The number of amides is 3. The average Bonchev–Trinajstić information content (AvgIpc) is 1.56. The quantitative estimate of drug-likeness (QED) is 0.0925. The van der Waals surface area contributed by atoms with Crippen molar-refractivity contribution >= 4 is 105 Å². The molecule has 19 atom stereocenters. The second-order valence-electron chi connectivity index (χ2n) is 43.8. The Balaban J connectivity index is 0.000000135. The first-order valence-electron chi connectivity index (χ1n) is 51.2. The van der Waals surface area contributed by atoms with Crippen LogP contribution in [-0.4, -0.2) is 199 Å². The summed E-state index contributed by atoms with van der Waals surface area (Å²) in [5, 5.41) is 50.0. The van der Waals surface area contributed by atoms with Crippen molar-refractivity contribution in [3.05, 3.63) is 212 Å². The Labute approximate surface area is 850 Å². The van der Waals surface area contributed by atoms with E-state index >= 15 is 0 Å². The number of halogens is 3. The zero-order valence-corrected chi connectivity index (χ0v) is 87.2. The number of nitrogens with one attached hydrogen (secondary N) is 3. The fourth-order valence-corrected chi connectivity index (χ4v) is 30.8. The van der Waals surface area contributed by atoms with Gasteiger partial charge in [-0.25, -0.2) is 44.5 Å². The van der Waals surface area contributed by atoms with Crippen molar-refractivity contribution in [3.63, 3.8) is 0 Å². The molecule has 5 N–H and O–H groups in total. The Morgan fingerprint density at radius 3 is 1.09 bits per heavy atom. The SMILES string of the molecule is C=S1(=O)NC(=O)c2ccc3c(c2)N(C[C@@H]2CC[C@H]2[C@@](O)(Cn2ccnn2)CCC[C@H](C)[C@H]1C)C[C@@]1(CCCc2cc(Cl)ccc21)CO3.CO[C@@]1(Cn2ccnn2)CCC[C@H](C)[C@@H](C)S(=O)(=O)NC(=O)c2ccc3c(c2)N(C[C@@H]2CC[C@H]21)C[C@@]1(CCCc2cc(Cl)ccc21)CO3.C[C@@H]1[C@@H](C)CCC[C@@](O)(Cn2ccnn2)[C@@H]2CC[C@H]2CN2C[C@@]3(CCCc4cc(Cl)ccc43)COc3ccc(cc32)C(=O)NS1(=O)=O. The standard InChI is InChI=1S/C36H46ClN5O5S.C36H46ClN5O4S.C35H44ClN5O5S/c1-24-6-4-15-36(46-3,22-42-17-16-38-40-42)31-11-8-28(31)20-41-21-35(14-5-7-26-18-29(37)10-12-30(26)35)23-47-33-13-9-27(19-32(33)41)34(43)39-48(44,45)25(24)2;1-24-6-4-15-36(44,22-42-17-16-38-40-42)31-11-8-28(31)20-41-21-35(14-5-7-26-18-29(37)10-12-30(26)35)23-46-33-13-9-27(19-32(33)41)34(43)39-47(3,45)25(24)2;1-23-5-3-14-35(43,21-41-16-15-37-39-41)30-10-7-27(30)19-40-20-34(13-4-6-25-17-28(36)9-11-29(25)34)22-46-32-12-8-26(18-31(32)40)33(42)38-47(44,45)24(23)2/h9-10,12-13,16-19,24-25,28,31H,4-8,11,14-15,20-23H2,1-3H3,(H,39,43);9-10,12-13,16-19,24-25,28,31,44H,3-8,11,14-15,20-23H2,1-2H3,(H,39,43,45);8-9,11-12,15-18,23-24,27,30,43H,3-7,10,13-14,19-22H2,1-2H3,(H,38,42)/t24-,25+,28-,31+,35-,36+;24-,25+,28-,31+,35-,36-,47?;23-,24+,27-,30+,34-,35+/m000/s1. The maximum atomic E-state index is 13.9. The van der Waals surface area contributed by atoms with Gasteiger partial charge in [0.1, 0.15) is 17.2 Å². The van der Waals surface area contributed by atoms with Crippen LogP contribution in [0.25, 0.3) is 0 Å². The van der Waals surface area contributed by atoms with Crippen LogP contribution in [0.2, 0.25) is 15.1 Å². The minimum atomic E-state index is -3.96.